The van der Waals surface area contributed by atoms with Crippen LogP contribution in [0.15, 0.2) is 34.8 Å². The maximum Gasteiger partial charge on any atom is 0.573 e. The topological polar surface area (TPSA) is 51.2 Å². The predicted octanol–water partition coefficient (Wildman–Crippen LogP) is 4.64. The third kappa shape index (κ3) is 5.10. The highest BCUT2D eigenvalue weighted by molar-refractivity contribution is 9.10. The summed E-state index contributed by atoms with van der Waals surface area (Å²) < 4.78 is 53.4. The molecule has 1 saturated heterocycles. The molecule has 1 N–H and O–H groups in total. The van der Waals surface area contributed by atoms with Crippen LogP contribution in [0.4, 0.5) is 18.9 Å². The van der Waals surface area contributed by atoms with Gasteiger partial charge in [-0.3, -0.25) is 0 Å². The monoisotopic (exact) mass is 501 g/mol. The Labute approximate surface area is 186 Å². The van der Waals surface area contributed by atoms with Gasteiger partial charge in [0.1, 0.15) is 11.5 Å². The second-order valence-electron chi connectivity index (χ2n) is 7.78. The Morgan fingerprint density at radius 2 is 1.90 bits per heavy atom. The molecule has 0 spiro atoms. The molecule has 4 rings (SSSR count). The molecule has 0 amide bonds. The van der Waals surface area contributed by atoms with Crippen LogP contribution in [0.2, 0.25) is 0 Å². The van der Waals surface area contributed by atoms with E-state index in [2.05, 4.69) is 31.6 Å². The average Bonchev–Trinajstić information content (AvgIpc) is 3.00. The maximum absolute atomic E-state index is 12.6. The zero-order valence-corrected chi connectivity index (χ0v) is 18.5. The van der Waals surface area contributed by atoms with Gasteiger partial charge in [0.05, 0.1) is 32.1 Å². The third-order valence-electron chi connectivity index (χ3n) is 5.70. The second-order valence-corrected chi connectivity index (χ2v) is 8.69. The summed E-state index contributed by atoms with van der Waals surface area (Å²) in [6, 6.07) is 8.33. The van der Waals surface area contributed by atoms with Crippen molar-refractivity contribution in [2.75, 3.05) is 38.3 Å². The van der Waals surface area contributed by atoms with Crippen molar-refractivity contribution < 1.29 is 32.5 Å². The first-order chi connectivity index (χ1) is 14.7. The Balaban J connectivity index is 1.56. The molecular weight excluding hydrogens is 479 g/mol. The molecule has 5 nitrogen and oxygen atoms in total. The third-order valence-corrected chi connectivity index (χ3v) is 6.16. The summed E-state index contributed by atoms with van der Waals surface area (Å²) in [6.07, 6.45) is -4.44. The van der Waals surface area contributed by atoms with Crippen molar-refractivity contribution in [3.8, 4) is 11.5 Å². The van der Waals surface area contributed by atoms with E-state index in [1.807, 2.05) is 6.07 Å². The summed E-state index contributed by atoms with van der Waals surface area (Å²) in [5.41, 5.74) is 3.47. The highest BCUT2D eigenvalue weighted by Gasteiger charge is 2.34. The summed E-state index contributed by atoms with van der Waals surface area (Å²) in [5.74, 6) is 0.259. The molecule has 1 fully saturated rings. The molecule has 2 aromatic rings. The van der Waals surface area contributed by atoms with Crippen molar-refractivity contribution in [2.45, 2.75) is 25.3 Å². The van der Waals surface area contributed by atoms with E-state index in [0.717, 1.165) is 29.9 Å². The van der Waals surface area contributed by atoms with E-state index in [1.165, 1.54) is 12.1 Å². The number of hydrogen-bond acceptors (Lipinski definition) is 5. The summed E-state index contributed by atoms with van der Waals surface area (Å²) >= 11 is 3.24. The van der Waals surface area contributed by atoms with Crippen LogP contribution >= 0.6 is 15.9 Å². The highest BCUT2D eigenvalue weighted by Crippen LogP contribution is 2.44. The summed E-state index contributed by atoms with van der Waals surface area (Å²) in [6.45, 7) is 2.83. The molecule has 1 aliphatic heterocycles. The van der Waals surface area contributed by atoms with Crippen molar-refractivity contribution in [3.63, 3.8) is 0 Å². The minimum atomic E-state index is -4.76. The molecule has 0 saturated carbocycles. The fraction of sp³-hybridized carbons (Fsp3) is 0.455. The van der Waals surface area contributed by atoms with Gasteiger partial charge in [0.2, 0.25) is 0 Å². The second kappa shape index (κ2) is 8.88. The first-order valence-electron chi connectivity index (χ1n) is 10.0. The molecule has 2 aromatic carbocycles. The van der Waals surface area contributed by atoms with Gasteiger partial charge in [0.15, 0.2) is 0 Å². The predicted molar refractivity (Wildman–Crippen MR) is 113 cm³/mol. The van der Waals surface area contributed by atoms with Crippen LogP contribution in [0, 0.1) is 5.92 Å². The lowest BCUT2D eigenvalue weighted by Gasteiger charge is -2.30. The minimum Gasteiger partial charge on any atom is -0.495 e. The fourth-order valence-corrected chi connectivity index (χ4v) is 4.88. The normalized spacial score (nSPS) is 21.2. The van der Waals surface area contributed by atoms with E-state index >= 15 is 0 Å². The van der Waals surface area contributed by atoms with Crippen LogP contribution in [0.3, 0.4) is 0 Å². The summed E-state index contributed by atoms with van der Waals surface area (Å²) in [4.78, 5) is 2.21. The van der Waals surface area contributed by atoms with Gasteiger partial charge in [-0.15, -0.1) is 13.2 Å². The van der Waals surface area contributed by atoms with Crippen molar-refractivity contribution in [3.05, 3.63) is 51.5 Å². The van der Waals surface area contributed by atoms with Crippen LogP contribution in [-0.2, 0) is 17.6 Å². The quantitative estimate of drug-likeness (QED) is 0.646. The van der Waals surface area contributed by atoms with E-state index in [0.29, 0.717) is 41.8 Å². The Morgan fingerprint density at radius 3 is 2.58 bits per heavy atom. The minimum absolute atomic E-state index is 0.160. The number of nitrogens with zero attached hydrogens (tertiary/aromatic N) is 1. The van der Waals surface area contributed by atoms with E-state index in [9.17, 15) is 18.3 Å². The number of aliphatic hydroxyl groups excluding tert-OH is 1. The van der Waals surface area contributed by atoms with Gasteiger partial charge in [-0.1, -0.05) is 15.9 Å². The summed E-state index contributed by atoms with van der Waals surface area (Å²) in [7, 11) is 1.61. The van der Waals surface area contributed by atoms with Crippen LogP contribution < -0.4 is 14.4 Å². The Hall–Kier alpha value is -1.97. The molecule has 31 heavy (non-hydrogen) atoms. The van der Waals surface area contributed by atoms with E-state index in [-0.39, 0.29) is 11.7 Å². The van der Waals surface area contributed by atoms with E-state index in [1.54, 1.807) is 13.2 Å². The zero-order valence-electron chi connectivity index (χ0n) is 16.9. The highest BCUT2D eigenvalue weighted by atomic mass is 79.9. The van der Waals surface area contributed by atoms with Gasteiger partial charge in [-0.2, -0.15) is 0 Å². The Kier molecular flexibility index (Phi) is 6.37. The number of benzene rings is 2. The average molecular weight is 502 g/mol. The first-order valence-corrected chi connectivity index (χ1v) is 10.8. The molecule has 0 radical (unpaired) electrons. The van der Waals surface area contributed by atoms with Crippen molar-refractivity contribution >= 4 is 21.6 Å². The molecule has 168 valence electrons. The number of methoxy groups -OCH3 is 1. The SMILES string of the molecule is COc1cc2c(cc1N1CCOCC1)CC(Cc1cc(Br)cc(OC(F)(F)F)c1)C2O. The maximum atomic E-state index is 12.6. The van der Waals surface area contributed by atoms with E-state index < -0.39 is 12.5 Å². The zero-order chi connectivity index (χ0) is 22.2. The molecule has 0 aromatic heterocycles. The number of hydrogen-bond donors (Lipinski definition) is 1. The number of alkyl halides is 3. The Morgan fingerprint density at radius 1 is 1.16 bits per heavy atom. The van der Waals surface area contributed by atoms with Crippen molar-refractivity contribution in [1.29, 1.82) is 0 Å². The van der Waals surface area contributed by atoms with Gasteiger partial charge in [0, 0.05) is 17.6 Å². The van der Waals surface area contributed by atoms with Crippen LogP contribution in [0.5, 0.6) is 11.5 Å². The molecule has 2 aliphatic rings. The number of aliphatic hydroxyl groups is 1. The molecule has 9 heteroatoms. The summed E-state index contributed by atoms with van der Waals surface area (Å²) in [5, 5.41) is 10.9. The number of halogens is 4. The van der Waals surface area contributed by atoms with Gasteiger partial charge in [-0.25, -0.2) is 0 Å². The number of anilines is 1. The van der Waals surface area contributed by atoms with Gasteiger partial charge < -0.3 is 24.2 Å². The molecule has 1 heterocycles. The number of ether oxygens (including phenoxy) is 3. The number of rotatable bonds is 5. The smallest absolute Gasteiger partial charge is 0.495 e. The molecule has 0 bridgehead atoms. The lowest BCUT2D eigenvalue weighted by Crippen LogP contribution is -2.36. The van der Waals surface area contributed by atoms with Gasteiger partial charge in [-0.05, 0) is 65.8 Å². The van der Waals surface area contributed by atoms with E-state index in [4.69, 9.17) is 9.47 Å². The lowest BCUT2D eigenvalue weighted by atomic mass is 9.94. The molecular formula is C22H23BrF3NO4. The van der Waals surface area contributed by atoms with Gasteiger partial charge >= 0.3 is 6.36 Å². The standard InChI is InChI=1S/C22H23BrF3NO4/c1-29-20-12-18-14(10-19(20)27-2-4-30-5-3-27)9-15(21(18)28)6-13-7-16(23)11-17(8-13)31-22(24,25)26/h7-8,10-12,15,21,28H,2-6,9H2,1H3. The van der Waals surface area contributed by atoms with Crippen LogP contribution in [-0.4, -0.2) is 44.9 Å². The van der Waals surface area contributed by atoms with Gasteiger partial charge in [0.25, 0.3) is 0 Å². The molecule has 1 aliphatic carbocycles. The van der Waals surface area contributed by atoms with Crippen molar-refractivity contribution in [1.82, 2.24) is 0 Å². The van der Waals surface area contributed by atoms with Crippen LogP contribution in [0.1, 0.15) is 22.8 Å². The fourth-order valence-electron chi connectivity index (χ4n) is 4.36. The van der Waals surface area contributed by atoms with Crippen LogP contribution in [0.25, 0.3) is 0 Å². The first kappa shape index (κ1) is 22.2. The van der Waals surface area contributed by atoms with Crippen molar-refractivity contribution in [2.24, 2.45) is 5.92 Å². The molecule has 2 atom stereocenters. The number of fused-ring (bicyclic) bond motifs is 1. The lowest BCUT2D eigenvalue weighted by molar-refractivity contribution is -0.274. The Bertz CT molecular complexity index is 947. The molecule has 2 unspecified atom stereocenters. The largest absolute Gasteiger partial charge is 0.573 e. The number of morpholine rings is 1.